The average Bonchev–Trinajstić information content (AvgIpc) is 2.38. The fourth-order valence-corrected chi connectivity index (χ4v) is 2.03. The van der Waals surface area contributed by atoms with Gasteiger partial charge in [-0.05, 0) is 36.6 Å². The second kappa shape index (κ2) is 8.10. The molecule has 2 unspecified atom stereocenters. The lowest BCUT2D eigenvalue weighted by atomic mass is 9.94. The molecule has 19 heavy (non-hydrogen) atoms. The van der Waals surface area contributed by atoms with Gasteiger partial charge in [0, 0.05) is 6.04 Å². The number of benzene rings is 1. The third-order valence-electron chi connectivity index (χ3n) is 3.29. The molecule has 0 saturated heterocycles. The van der Waals surface area contributed by atoms with Crippen molar-refractivity contribution in [2.24, 2.45) is 5.92 Å². The first-order valence-corrected chi connectivity index (χ1v) is 6.84. The van der Waals surface area contributed by atoms with Gasteiger partial charge in [-0.15, -0.1) is 0 Å². The topological polar surface area (TPSA) is 21.3 Å². The van der Waals surface area contributed by atoms with Crippen molar-refractivity contribution >= 4 is 0 Å². The van der Waals surface area contributed by atoms with Crippen molar-refractivity contribution in [3.8, 4) is 5.75 Å². The van der Waals surface area contributed by atoms with E-state index in [9.17, 15) is 8.78 Å². The van der Waals surface area contributed by atoms with Crippen LogP contribution >= 0.6 is 0 Å². The summed E-state index contributed by atoms with van der Waals surface area (Å²) in [6, 6.07) is 7.17. The summed E-state index contributed by atoms with van der Waals surface area (Å²) in [6.45, 7) is 4.58. The molecule has 0 fully saturated rings. The molecule has 0 saturated carbocycles. The minimum absolute atomic E-state index is 0.206. The number of ether oxygens (including phenoxy) is 1. The standard InChI is InChI=1S/C15H23F2NO/c1-4-11(3)10-14(18-5-2)12-6-8-13(9-7-12)19-15(16)17/h6-9,11,14-15,18H,4-5,10H2,1-3H3. The lowest BCUT2D eigenvalue weighted by Gasteiger charge is -2.22. The number of alkyl halides is 2. The summed E-state index contributed by atoms with van der Waals surface area (Å²) in [5.74, 6) is 0.832. The summed E-state index contributed by atoms with van der Waals surface area (Å²) < 4.78 is 28.5. The van der Waals surface area contributed by atoms with Crippen LogP contribution < -0.4 is 10.1 Å². The van der Waals surface area contributed by atoms with E-state index in [1.165, 1.54) is 0 Å². The van der Waals surface area contributed by atoms with Crippen molar-refractivity contribution in [2.45, 2.75) is 46.3 Å². The van der Waals surface area contributed by atoms with E-state index in [2.05, 4.69) is 30.8 Å². The smallest absolute Gasteiger partial charge is 0.387 e. The van der Waals surface area contributed by atoms with Gasteiger partial charge in [0.2, 0.25) is 0 Å². The van der Waals surface area contributed by atoms with E-state index in [0.29, 0.717) is 5.92 Å². The zero-order valence-corrected chi connectivity index (χ0v) is 11.8. The van der Waals surface area contributed by atoms with Crippen LogP contribution in [0.5, 0.6) is 5.75 Å². The Hall–Kier alpha value is -1.16. The first-order chi connectivity index (χ1) is 9.06. The van der Waals surface area contributed by atoms with E-state index < -0.39 is 6.61 Å². The van der Waals surface area contributed by atoms with E-state index in [0.717, 1.165) is 24.9 Å². The Balaban J connectivity index is 2.73. The second-order valence-corrected chi connectivity index (χ2v) is 4.81. The summed E-state index contributed by atoms with van der Waals surface area (Å²) >= 11 is 0. The van der Waals surface area contributed by atoms with Gasteiger partial charge in [0.25, 0.3) is 0 Å². The molecule has 2 nitrogen and oxygen atoms in total. The molecular weight excluding hydrogens is 248 g/mol. The van der Waals surface area contributed by atoms with E-state index in [-0.39, 0.29) is 11.8 Å². The van der Waals surface area contributed by atoms with Gasteiger partial charge < -0.3 is 10.1 Å². The fraction of sp³-hybridized carbons (Fsp3) is 0.600. The number of hydrogen-bond donors (Lipinski definition) is 1. The van der Waals surface area contributed by atoms with Gasteiger partial charge in [-0.1, -0.05) is 39.3 Å². The Labute approximate surface area is 114 Å². The van der Waals surface area contributed by atoms with Gasteiger partial charge in [-0.2, -0.15) is 8.78 Å². The maximum absolute atomic E-state index is 12.1. The highest BCUT2D eigenvalue weighted by atomic mass is 19.3. The zero-order valence-electron chi connectivity index (χ0n) is 11.8. The van der Waals surface area contributed by atoms with Crippen LogP contribution in [0.15, 0.2) is 24.3 Å². The highest BCUT2D eigenvalue weighted by Gasteiger charge is 2.14. The fourth-order valence-electron chi connectivity index (χ4n) is 2.03. The van der Waals surface area contributed by atoms with Gasteiger partial charge in [-0.25, -0.2) is 0 Å². The molecular formula is C15H23F2NO. The summed E-state index contributed by atoms with van der Waals surface area (Å²) in [6.07, 6.45) is 2.17. The Morgan fingerprint density at radius 3 is 2.26 bits per heavy atom. The van der Waals surface area contributed by atoms with Crippen molar-refractivity contribution in [3.63, 3.8) is 0 Å². The Morgan fingerprint density at radius 2 is 1.79 bits per heavy atom. The molecule has 0 heterocycles. The first-order valence-electron chi connectivity index (χ1n) is 6.84. The molecule has 2 atom stereocenters. The summed E-state index contributed by atoms with van der Waals surface area (Å²) in [4.78, 5) is 0. The summed E-state index contributed by atoms with van der Waals surface area (Å²) in [7, 11) is 0. The van der Waals surface area contributed by atoms with Crippen molar-refractivity contribution in [1.82, 2.24) is 5.32 Å². The highest BCUT2D eigenvalue weighted by molar-refractivity contribution is 5.29. The van der Waals surface area contributed by atoms with Crippen LogP contribution in [0.1, 0.15) is 45.2 Å². The summed E-state index contributed by atoms with van der Waals surface area (Å²) in [5, 5.41) is 3.44. The van der Waals surface area contributed by atoms with Crippen LogP contribution in [0.2, 0.25) is 0 Å². The van der Waals surface area contributed by atoms with Crippen molar-refractivity contribution in [3.05, 3.63) is 29.8 Å². The molecule has 0 aliphatic heterocycles. The maximum Gasteiger partial charge on any atom is 0.387 e. The van der Waals surface area contributed by atoms with E-state index in [1.807, 2.05) is 12.1 Å². The number of hydrogen-bond acceptors (Lipinski definition) is 2. The molecule has 0 aromatic heterocycles. The van der Waals surface area contributed by atoms with Gasteiger partial charge in [-0.3, -0.25) is 0 Å². The van der Waals surface area contributed by atoms with Crippen LogP contribution in [0.3, 0.4) is 0 Å². The van der Waals surface area contributed by atoms with E-state index in [4.69, 9.17) is 0 Å². The molecule has 0 radical (unpaired) electrons. The molecule has 0 spiro atoms. The maximum atomic E-state index is 12.1. The van der Waals surface area contributed by atoms with Crippen LogP contribution in [0, 0.1) is 5.92 Å². The molecule has 0 amide bonds. The number of halogens is 2. The zero-order chi connectivity index (χ0) is 14.3. The molecule has 0 bridgehead atoms. The minimum Gasteiger partial charge on any atom is -0.435 e. The van der Waals surface area contributed by atoms with Crippen LogP contribution in [-0.4, -0.2) is 13.2 Å². The molecule has 1 aromatic rings. The van der Waals surface area contributed by atoms with Crippen molar-refractivity contribution in [1.29, 1.82) is 0 Å². The molecule has 0 aliphatic carbocycles. The quantitative estimate of drug-likeness (QED) is 0.758. The molecule has 1 aromatic carbocycles. The second-order valence-electron chi connectivity index (χ2n) is 4.81. The van der Waals surface area contributed by atoms with Crippen molar-refractivity contribution < 1.29 is 13.5 Å². The number of nitrogens with one attached hydrogen (secondary N) is 1. The molecule has 0 aliphatic rings. The lowest BCUT2D eigenvalue weighted by molar-refractivity contribution is -0.0498. The molecule has 1 rings (SSSR count). The van der Waals surface area contributed by atoms with E-state index in [1.54, 1.807) is 12.1 Å². The Bertz CT molecular complexity index is 354. The van der Waals surface area contributed by atoms with Gasteiger partial charge in [0.1, 0.15) is 5.75 Å². The Morgan fingerprint density at radius 1 is 1.16 bits per heavy atom. The Kier molecular flexibility index (Phi) is 6.78. The minimum atomic E-state index is -2.77. The predicted molar refractivity (Wildman–Crippen MR) is 73.6 cm³/mol. The van der Waals surface area contributed by atoms with Crippen LogP contribution in [-0.2, 0) is 0 Å². The first kappa shape index (κ1) is 15.9. The van der Waals surface area contributed by atoms with Gasteiger partial charge in [0.05, 0.1) is 0 Å². The SMILES string of the molecule is CCNC(CC(C)CC)c1ccc(OC(F)F)cc1. The normalized spacial score (nSPS) is 14.4. The van der Waals surface area contributed by atoms with E-state index >= 15 is 0 Å². The lowest BCUT2D eigenvalue weighted by Crippen LogP contribution is -2.22. The molecule has 1 N–H and O–H groups in total. The third kappa shape index (κ3) is 5.55. The van der Waals surface area contributed by atoms with Crippen LogP contribution in [0.4, 0.5) is 8.78 Å². The largest absolute Gasteiger partial charge is 0.435 e. The monoisotopic (exact) mass is 271 g/mol. The van der Waals surface area contributed by atoms with Crippen LogP contribution in [0.25, 0.3) is 0 Å². The van der Waals surface area contributed by atoms with Gasteiger partial charge in [0.15, 0.2) is 0 Å². The predicted octanol–water partition coefficient (Wildman–Crippen LogP) is 4.37. The summed E-state index contributed by atoms with van der Waals surface area (Å²) in [5.41, 5.74) is 1.11. The average molecular weight is 271 g/mol. The molecule has 108 valence electrons. The van der Waals surface area contributed by atoms with Gasteiger partial charge >= 0.3 is 6.61 Å². The number of rotatable bonds is 8. The highest BCUT2D eigenvalue weighted by Crippen LogP contribution is 2.25. The van der Waals surface area contributed by atoms with Crippen molar-refractivity contribution in [2.75, 3.05) is 6.54 Å². The third-order valence-corrected chi connectivity index (χ3v) is 3.29. The molecule has 4 heteroatoms.